The van der Waals surface area contributed by atoms with E-state index in [1.807, 2.05) is 12.3 Å². The van der Waals surface area contributed by atoms with Crippen LogP contribution >= 0.6 is 0 Å². The number of ether oxygens (including phenoxy) is 2. The van der Waals surface area contributed by atoms with E-state index in [4.69, 9.17) is 13.9 Å². The summed E-state index contributed by atoms with van der Waals surface area (Å²) in [6, 6.07) is 2.03. The lowest BCUT2D eigenvalue weighted by atomic mass is 9.94. The molecule has 5 heteroatoms. The predicted molar refractivity (Wildman–Crippen MR) is 80.1 cm³/mol. The highest BCUT2D eigenvalue weighted by Crippen LogP contribution is 2.33. The molecule has 0 aromatic carbocycles. The third-order valence-corrected chi connectivity index (χ3v) is 4.32. The Morgan fingerprint density at radius 3 is 3.10 bits per heavy atom. The highest BCUT2D eigenvalue weighted by Gasteiger charge is 2.43. The second-order valence-corrected chi connectivity index (χ2v) is 6.72. The Hall–Kier alpha value is -0.880. The van der Waals surface area contributed by atoms with Crippen LogP contribution < -0.4 is 0 Å². The Balaban J connectivity index is 1.62. The van der Waals surface area contributed by atoms with E-state index in [1.54, 1.807) is 6.26 Å². The maximum atomic E-state index is 6.21. The van der Waals surface area contributed by atoms with E-state index < -0.39 is 0 Å². The molecule has 2 aliphatic rings. The average molecular weight is 294 g/mol. The van der Waals surface area contributed by atoms with E-state index in [0.29, 0.717) is 5.92 Å². The van der Waals surface area contributed by atoms with Crippen molar-refractivity contribution in [2.45, 2.75) is 18.6 Å². The van der Waals surface area contributed by atoms with Crippen LogP contribution in [0.5, 0.6) is 0 Å². The standard InChI is InChI=1S/C16H26N2O3/c1-17(2)8-15-7-16(21-11-15)12-18(4-6-20-13-16)9-14-3-5-19-10-14/h3,5,10,15H,4,6-9,11-13H2,1-2H3/t15-,16-/m1/s1. The van der Waals surface area contributed by atoms with Crippen molar-refractivity contribution in [3.63, 3.8) is 0 Å². The van der Waals surface area contributed by atoms with Gasteiger partial charge in [0.05, 0.1) is 32.3 Å². The van der Waals surface area contributed by atoms with Crippen LogP contribution in [0.4, 0.5) is 0 Å². The number of rotatable bonds is 4. The Morgan fingerprint density at radius 2 is 2.33 bits per heavy atom. The zero-order chi connectivity index (χ0) is 14.7. The van der Waals surface area contributed by atoms with Crippen molar-refractivity contribution < 1.29 is 13.9 Å². The first kappa shape index (κ1) is 15.0. The summed E-state index contributed by atoms with van der Waals surface area (Å²) in [6.45, 7) is 6.24. The van der Waals surface area contributed by atoms with Gasteiger partial charge in [0.15, 0.2) is 0 Å². The molecule has 118 valence electrons. The van der Waals surface area contributed by atoms with Crippen molar-refractivity contribution >= 4 is 0 Å². The average Bonchev–Trinajstić information content (AvgIpc) is 3.00. The summed E-state index contributed by atoms with van der Waals surface area (Å²) < 4.78 is 17.2. The highest BCUT2D eigenvalue weighted by atomic mass is 16.5. The summed E-state index contributed by atoms with van der Waals surface area (Å²) in [4.78, 5) is 4.67. The van der Waals surface area contributed by atoms with Crippen molar-refractivity contribution in [3.8, 4) is 0 Å². The van der Waals surface area contributed by atoms with Crippen LogP contribution in [0.1, 0.15) is 12.0 Å². The quantitative estimate of drug-likeness (QED) is 0.840. The van der Waals surface area contributed by atoms with Crippen molar-refractivity contribution in [2.24, 2.45) is 5.92 Å². The molecule has 0 radical (unpaired) electrons. The van der Waals surface area contributed by atoms with Crippen LogP contribution in [0, 0.1) is 5.92 Å². The van der Waals surface area contributed by atoms with Crippen LogP contribution in [0.3, 0.4) is 0 Å². The molecule has 3 rings (SSSR count). The molecular weight excluding hydrogens is 268 g/mol. The Kier molecular flexibility index (Phi) is 4.64. The summed E-state index contributed by atoms with van der Waals surface area (Å²) >= 11 is 0. The minimum Gasteiger partial charge on any atom is -0.472 e. The van der Waals surface area contributed by atoms with Crippen molar-refractivity contribution in [1.82, 2.24) is 9.80 Å². The molecule has 2 fully saturated rings. The summed E-state index contributed by atoms with van der Waals surface area (Å²) in [5.41, 5.74) is 1.09. The molecule has 1 aromatic rings. The number of furan rings is 1. The van der Waals surface area contributed by atoms with E-state index in [2.05, 4.69) is 23.9 Å². The first-order chi connectivity index (χ1) is 10.2. The Morgan fingerprint density at radius 1 is 1.43 bits per heavy atom. The van der Waals surface area contributed by atoms with E-state index in [9.17, 15) is 0 Å². The SMILES string of the molecule is CN(C)C[C@@H]1CO[C@]2(COCCN(Cc3ccoc3)C2)C1. The maximum absolute atomic E-state index is 6.21. The summed E-state index contributed by atoms with van der Waals surface area (Å²) in [5.74, 6) is 0.609. The second-order valence-electron chi connectivity index (χ2n) is 6.72. The molecule has 1 aromatic heterocycles. The van der Waals surface area contributed by atoms with Crippen molar-refractivity contribution in [1.29, 1.82) is 0 Å². The molecule has 0 unspecified atom stereocenters. The van der Waals surface area contributed by atoms with Gasteiger partial charge in [-0.1, -0.05) is 0 Å². The van der Waals surface area contributed by atoms with Gasteiger partial charge in [0, 0.05) is 31.7 Å². The molecule has 3 heterocycles. The molecule has 0 N–H and O–H groups in total. The minimum absolute atomic E-state index is 0.124. The Bertz CT molecular complexity index is 435. The van der Waals surface area contributed by atoms with Crippen LogP contribution in [-0.2, 0) is 16.0 Å². The van der Waals surface area contributed by atoms with Gasteiger partial charge in [0.25, 0.3) is 0 Å². The number of nitrogens with zero attached hydrogens (tertiary/aromatic N) is 2. The fraction of sp³-hybridized carbons (Fsp3) is 0.750. The molecule has 2 aliphatic heterocycles. The van der Waals surface area contributed by atoms with E-state index in [1.165, 1.54) is 5.56 Å². The molecule has 1 spiro atoms. The van der Waals surface area contributed by atoms with Crippen LogP contribution in [0.2, 0.25) is 0 Å². The lowest BCUT2D eigenvalue weighted by Crippen LogP contribution is -2.44. The van der Waals surface area contributed by atoms with Crippen LogP contribution in [0.15, 0.2) is 23.0 Å². The molecule has 0 aliphatic carbocycles. The van der Waals surface area contributed by atoms with Gasteiger partial charge < -0.3 is 18.8 Å². The lowest BCUT2D eigenvalue weighted by Gasteiger charge is -2.31. The topological polar surface area (TPSA) is 38.1 Å². The van der Waals surface area contributed by atoms with Gasteiger partial charge in [-0.05, 0) is 32.5 Å². The smallest absolute Gasteiger partial charge is 0.104 e. The van der Waals surface area contributed by atoms with Crippen molar-refractivity contribution in [2.75, 3.05) is 53.6 Å². The van der Waals surface area contributed by atoms with E-state index in [0.717, 1.165) is 52.4 Å². The molecular formula is C16H26N2O3. The summed E-state index contributed by atoms with van der Waals surface area (Å²) in [5, 5.41) is 0. The second kappa shape index (κ2) is 6.48. The van der Waals surface area contributed by atoms with E-state index in [-0.39, 0.29) is 5.60 Å². The first-order valence-electron chi connectivity index (χ1n) is 7.75. The zero-order valence-corrected chi connectivity index (χ0v) is 13.1. The molecule has 5 nitrogen and oxygen atoms in total. The van der Waals surface area contributed by atoms with Gasteiger partial charge in [0.2, 0.25) is 0 Å². The summed E-state index contributed by atoms with van der Waals surface area (Å²) in [6.07, 6.45) is 4.65. The third-order valence-electron chi connectivity index (χ3n) is 4.32. The monoisotopic (exact) mass is 294 g/mol. The number of hydrogen-bond donors (Lipinski definition) is 0. The molecule has 21 heavy (non-hydrogen) atoms. The summed E-state index contributed by atoms with van der Waals surface area (Å²) in [7, 11) is 4.25. The predicted octanol–water partition coefficient (Wildman–Crippen LogP) is 1.45. The molecule has 2 atom stereocenters. The fourth-order valence-electron chi connectivity index (χ4n) is 3.54. The normalized spacial score (nSPS) is 31.1. The van der Waals surface area contributed by atoms with Gasteiger partial charge in [0.1, 0.15) is 5.60 Å². The van der Waals surface area contributed by atoms with Gasteiger partial charge >= 0.3 is 0 Å². The van der Waals surface area contributed by atoms with Gasteiger partial charge in [-0.25, -0.2) is 0 Å². The fourth-order valence-corrected chi connectivity index (χ4v) is 3.54. The first-order valence-corrected chi connectivity index (χ1v) is 7.75. The molecule has 2 saturated heterocycles. The van der Waals surface area contributed by atoms with Gasteiger partial charge in [-0.15, -0.1) is 0 Å². The Labute approximate surface area is 126 Å². The molecule has 0 saturated carbocycles. The lowest BCUT2D eigenvalue weighted by molar-refractivity contribution is -0.0563. The zero-order valence-electron chi connectivity index (χ0n) is 13.1. The van der Waals surface area contributed by atoms with Crippen LogP contribution in [-0.4, -0.2) is 69.0 Å². The molecule has 0 amide bonds. The largest absolute Gasteiger partial charge is 0.472 e. The molecule has 0 bridgehead atoms. The van der Waals surface area contributed by atoms with E-state index >= 15 is 0 Å². The third kappa shape index (κ3) is 3.86. The van der Waals surface area contributed by atoms with Crippen molar-refractivity contribution in [3.05, 3.63) is 24.2 Å². The maximum Gasteiger partial charge on any atom is 0.104 e. The number of hydrogen-bond acceptors (Lipinski definition) is 5. The minimum atomic E-state index is -0.124. The van der Waals surface area contributed by atoms with Gasteiger partial charge in [-0.3, -0.25) is 4.90 Å². The highest BCUT2D eigenvalue weighted by molar-refractivity contribution is 5.06. The van der Waals surface area contributed by atoms with Gasteiger partial charge in [-0.2, -0.15) is 0 Å². The van der Waals surface area contributed by atoms with Crippen LogP contribution in [0.25, 0.3) is 0 Å².